The first kappa shape index (κ1) is 14.3. The van der Waals surface area contributed by atoms with Crippen LogP contribution in [0.4, 0.5) is 0 Å². The van der Waals surface area contributed by atoms with E-state index in [-0.39, 0.29) is 17.9 Å². The molecule has 0 N–H and O–H groups in total. The van der Waals surface area contributed by atoms with Crippen molar-refractivity contribution in [3.8, 4) is 0 Å². The Balaban J connectivity index is 2.01. The van der Waals surface area contributed by atoms with Crippen molar-refractivity contribution in [1.82, 2.24) is 9.91 Å². The van der Waals surface area contributed by atoms with E-state index < -0.39 is 23.0 Å². The highest BCUT2D eigenvalue weighted by atomic mass is 16.5. The molecule has 6 heteroatoms. The fourth-order valence-corrected chi connectivity index (χ4v) is 3.45. The highest BCUT2D eigenvalue weighted by Crippen LogP contribution is 2.52. The number of rotatable bonds is 2. The lowest BCUT2D eigenvalue weighted by atomic mass is 9.77. The van der Waals surface area contributed by atoms with Gasteiger partial charge in [0.05, 0.1) is 24.2 Å². The van der Waals surface area contributed by atoms with Crippen LogP contribution in [0.15, 0.2) is 17.3 Å². The minimum atomic E-state index is -0.883. The molecule has 4 atom stereocenters. The number of carbonyl (C=O) groups excluding carboxylic acids is 2. The van der Waals surface area contributed by atoms with Crippen molar-refractivity contribution in [2.45, 2.75) is 38.0 Å². The predicted octanol–water partition coefficient (Wildman–Crippen LogP) is 0.641. The molecule has 2 saturated heterocycles. The Morgan fingerprint density at radius 3 is 2.57 bits per heavy atom. The standard InChI is InChI=1S/C15H21N3O3/c1-14(2,3)18-12(19)10-9-6-7-15(21-9,8-16-17(4)5)11(10)13(18)20/h6-11H,1-5H3/b16-8+. The smallest absolute Gasteiger partial charge is 0.237 e. The molecule has 3 aliphatic rings. The summed E-state index contributed by atoms with van der Waals surface area (Å²) < 4.78 is 5.92. The molecule has 3 rings (SSSR count). The summed E-state index contributed by atoms with van der Waals surface area (Å²) in [6, 6.07) is 0. The highest BCUT2D eigenvalue weighted by molar-refractivity contribution is 6.09. The van der Waals surface area contributed by atoms with E-state index >= 15 is 0 Å². The number of imide groups is 1. The molecule has 0 saturated carbocycles. The van der Waals surface area contributed by atoms with Crippen LogP contribution in [0.1, 0.15) is 20.8 Å². The molecule has 0 aliphatic carbocycles. The van der Waals surface area contributed by atoms with Crippen LogP contribution in [0, 0.1) is 11.8 Å². The highest BCUT2D eigenvalue weighted by Gasteiger charge is 2.68. The van der Waals surface area contributed by atoms with Gasteiger partial charge in [-0.25, -0.2) is 0 Å². The van der Waals surface area contributed by atoms with Crippen molar-refractivity contribution in [3.05, 3.63) is 12.2 Å². The fourth-order valence-electron chi connectivity index (χ4n) is 3.45. The maximum atomic E-state index is 12.8. The second-order valence-corrected chi connectivity index (χ2v) is 7.07. The molecule has 21 heavy (non-hydrogen) atoms. The number of carbonyl (C=O) groups is 2. The Labute approximate surface area is 124 Å². The normalized spacial score (nSPS) is 38.0. The van der Waals surface area contributed by atoms with E-state index in [0.29, 0.717) is 0 Å². The number of nitrogens with zero attached hydrogens (tertiary/aromatic N) is 3. The van der Waals surface area contributed by atoms with Gasteiger partial charge in [0.15, 0.2) is 0 Å². The average Bonchev–Trinajstić information content (AvgIpc) is 2.97. The zero-order chi connectivity index (χ0) is 15.6. The first-order valence-corrected chi connectivity index (χ1v) is 7.15. The van der Waals surface area contributed by atoms with Gasteiger partial charge in [0.1, 0.15) is 5.60 Å². The maximum absolute atomic E-state index is 12.8. The minimum Gasteiger partial charge on any atom is -0.356 e. The van der Waals surface area contributed by atoms with Gasteiger partial charge >= 0.3 is 0 Å². The molecular formula is C15H21N3O3. The summed E-state index contributed by atoms with van der Waals surface area (Å²) in [6.45, 7) is 5.63. The second kappa shape index (κ2) is 4.16. The van der Waals surface area contributed by atoms with Crippen molar-refractivity contribution in [2.24, 2.45) is 16.9 Å². The topological polar surface area (TPSA) is 62.2 Å². The van der Waals surface area contributed by atoms with Crippen molar-refractivity contribution >= 4 is 18.0 Å². The Hall–Kier alpha value is -1.69. The van der Waals surface area contributed by atoms with Gasteiger partial charge in [0, 0.05) is 19.6 Å². The Morgan fingerprint density at radius 2 is 2.00 bits per heavy atom. The van der Waals surface area contributed by atoms with Gasteiger partial charge in [-0.15, -0.1) is 0 Å². The molecule has 0 aromatic heterocycles. The summed E-state index contributed by atoms with van der Waals surface area (Å²) >= 11 is 0. The SMILES string of the molecule is CN(C)/N=C/C12C=CC(O1)C1C(=O)N(C(C)(C)C)C(=O)C12. The monoisotopic (exact) mass is 291 g/mol. The molecule has 2 amide bonds. The molecule has 2 bridgehead atoms. The van der Waals surface area contributed by atoms with Crippen molar-refractivity contribution in [3.63, 3.8) is 0 Å². The van der Waals surface area contributed by atoms with Crippen molar-refractivity contribution in [2.75, 3.05) is 14.1 Å². The van der Waals surface area contributed by atoms with E-state index in [2.05, 4.69) is 5.10 Å². The summed E-state index contributed by atoms with van der Waals surface area (Å²) in [5.41, 5.74) is -1.40. The van der Waals surface area contributed by atoms with Crippen molar-refractivity contribution in [1.29, 1.82) is 0 Å². The molecule has 0 aromatic rings. The third-order valence-corrected chi connectivity index (χ3v) is 4.24. The Kier molecular flexibility index (Phi) is 2.82. The summed E-state index contributed by atoms with van der Waals surface area (Å²) in [6.07, 6.45) is 5.06. The van der Waals surface area contributed by atoms with Crippen LogP contribution < -0.4 is 0 Å². The molecule has 6 nitrogen and oxygen atoms in total. The lowest BCUT2D eigenvalue weighted by Gasteiger charge is -2.32. The van der Waals surface area contributed by atoms with Crippen LogP contribution in [-0.4, -0.2) is 59.3 Å². The van der Waals surface area contributed by atoms with Gasteiger partial charge in [-0.1, -0.05) is 6.08 Å². The van der Waals surface area contributed by atoms with Gasteiger partial charge in [-0.3, -0.25) is 14.5 Å². The number of likely N-dealkylation sites (tertiary alicyclic amines) is 1. The quantitative estimate of drug-likeness (QED) is 0.324. The fraction of sp³-hybridized carbons (Fsp3) is 0.667. The zero-order valence-corrected chi connectivity index (χ0v) is 13.0. The van der Waals surface area contributed by atoms with Gasteiger partial charge in [0.2, 0.25) is 11.8 Å². The van der Waals surface area contributed by atoms with Crippen LogP contribution in [0.2, 0.25) is 0 Å². The maximum Gasteiger partial charge on any atom is 0.237 e. The number of hydrogen-bond donors (Lipinski definition) is 0. The number of hydrazone groups is 1. The third kappa shape index (κ3) is 1.85. The lowest BCUT2D eigenvalue weighted by Crippen LogP contribution is -2.49. The molecular weight excluding hydrogens is 270 g/mol. The largest absolute Gasteiger partial charge is 0.356 e. The molecule has 3 heterocycles. The molecule has 2 fully saturated rings. The molecule has 0 spiro atoms. The predicted molar refractivity (Wildman–Crippen MR) is 77.5 cm³/mol. The lowest BCUT2D eigenvalue weighted by molar-refractivity contribution is -0.148. The van der Waals surface area contributed by atoms with E-state index in [0.717, 1.165) is 0 Å². The Morgan fingerprint density at radius 1 is 1.33 bits per heavy atom. The van der Waals surface area contributed by atoms with E-state index in [1.54, 1.807) is 25.3 Å². The second-order valence-electron chi connectivity index (χ2n) is 7.07. The molecule has 4 unspecified atom stereocenters. The average molecular weight is 291 g/mol. The van der Waals surface area contributed by atoms with Crippen molar-refractivity contribution < 1.29 is 14.3 Å². The van der Waals surface area contributed by atoms with Gasteiger partial charge < -0.3 is 9.75 Å². The number of hydrogen-bond acceptors (Lipinski definition) is 5. The van der Waals surface area contributed by atoms with Gasteiger partial charge in [-0.2, -0.15) is 5.10 Å². The van der Waals surface area contributed by atoms with Crippen LogP contribution >= 0.6 is 0 Å². The molecule has 0 radical (unpaired) electrons. The zero-order valence-electron chi connectivity index (χ0n) is 13.0. The number of ether oxygens (including phenoxy) is 1. The molecule has 3 aliphatic heterocycles. The van der Waals surface area contributed by atoms with Gasteiger partial charge in [-0.05, 0) is 26.8 Å². The first-order valence-electron chi connectivity index (χ1n) is 7.15. The van der Waals surface area contributed by atoms with Gasteiger partial charge in [0.25, 0.3) is 0 Å². The van der Waals surface area contributed by atoms with E-state index in [4.69, 9.17) is 4.74 Å². The van der Waals surface area contributed by atoms with Crippen LogP contribution in [0.3, 0.4) is 0 Å². The van der Waals surface area contributed by atoms with E-state index in [1.165, 1.54) is 4.90 Å². The summed E-state index contributed by atoms with van der Waals surface area (Å²) in [5.74, 6) is -1.21. The van der Waals surface area contributed by atoms with Crippen LogP contribution in [-0.2, 0) is 14.3 Å². The minimum absolute atomic E-state index is 0.132. The Bertz CT molecular complexity index is 561. The third-order valence-electron chi connectivity index (χ3n) is 4.24. The van der Waals surface area contributed by atoms with E-state index in [1.807, 2.05) is 32.9 Å². The summed E-state index contributed by atoms with van der Waals surface area (Å²) in [5, 5.41) is 5.88. The van der Waals surface area contributed by atoms with Crippen LogP contribution in [0.25, 0.3) is 0 Å². The first-order chi connectivity index (χ1) is 9.67. The number of amides is 2. The summed E-state index contributed by atoms with van der Waals surface area (Å²) in [7, 11) is 3.61. The molecule has 0 aromatic carbocycles. The number of fused-ring (bicyclic) bond motifs is 5. The van der Waals surface area contributed by atoms with Crippen LogP contribution in [0.5, 0.6) is 0 Å². The van der Waals surface area contributed by atoms with E-state index in [9.17, 15) is 9.59 Å². The molecule has 114 valence electrons. The summed E-state index contributed by atoms with van der Waals surface area (Å²) in [4.78, 5) is 26.8.